The highest BCUT2D eigenvalue weighted by Gasteiger charge is 2.45. The van der Waals surface area contributed by atoms with Crippen molar-refractivity contribution in [1.29, 1.82) is 0 Å². The highest BCUT2D eigenvalue weighted by atomic mass is 32.2. The van der Waals surface area contributed by atoms with Crippen LogP contribution in [0.3, 0.4) is 0 Å². The third-order valence-corrected chi connectivity index (χ3v) is 8.10. The predicted octanol–water partition coefficient (Wildman–Crippen LogP) is 2.33. The van der Waals surface area contributed by atoms with E-state index in [1.54, 1.807) is 23.1 Å². The molecule has 2 aromatic rings. The van der Waals surface area contributed by atoms with Gasteiger partial charge in [0.2, 0.25) is 11.8 Å². The lowest BCUT2D eigenvalue weighted by atomic mass is 10.1. The minimum Gasteiger partial charge on any atom is -0.368 e. The second kappa shape index (κ2) is 8.34. The number of carbonyl (C=O) groups excluding carboxylic acids is 2. The van der Waals surface area contributed by atoms with Crippen LogP contribution in [0.15, 0.2) is 53.4 Å². The van der Waals surface area contributed by atoms with Crippen LogP contribution in [0.5, 0.6) is 0 Å². The maximum Gasteiger partial charge on any atom is 0.267 e. The van der Waals surface area contributed by atoms with E-state index in [9.17, 15) is 18.0 Å². The lowest BCUT2D eigenvalue weighted by molar-refractivity contribution is -0.138. The zero-order valence-electron chi connectivity index (χ0n) is 17.8. The van der Waals surface area contributed by atoms with Gasteiger partial charge in [0.05, 0.1) is 4.90 Å². The highest BCUT2D eigenvalue weighted by Crippen LogP contribution is 2.29. The molecule has 0 aliphatic carbocycles. The number of amides is 2. The molecule has 2 amide bonds. The van der Waals surface area contributed by atoms with Gasteiger partial charge in [-0.15, -0.1) is 0 Å². The molecule has 0 N–H and O–H groups in total. The third-order valence-electron chi connectivity index (χ3n) is 6.25. The zero-order valence-corrected chi connectivity index (χ0v) is 18.6. The third kappa shape index (κ3) is 3.92. The molecule has 31 heavy (non-hydrogen) atoms. The van der Waals surface area contributed by atoms with Gasteiger partial charge in [0.25, 0.3) is 10.0 Å². The molecule has 7 nitrogen and oxygen atoms in total. The van der Waals surface area contributed by atoms with Crippen LogP contribution in [0.2, 0.25) is 0 Å². The second-order valence-corrected chi connectivity index (χ2v) is 9.91. The molecule has 4 rings (SSSR count). The van der Waals surface area contributed by atoms with Crippen molar-refractivity contribution in [2.24, 2.45) is 0 Å². The number of carbonyl (C=O) groups is 2. The van der Waals surface area contributed by atoms with Crippen LogP contribution in [0.25, 0.3) is 0 Å². The fraction of sp³-hybridized carbons (Fsp3) is 0.391. The summed E-state index contributed by atoms with van der Waals surface area (Å²) >= 11 is 0. The number of sulfonamides is 1. The number of piperazine rings is 1. The molecule has 0 aromatic heterocycles. The average molecular weight is 442 g/mol. The maximum absolute atomic E-state index is 13.2. The van der Waals surface area contributed by atoms with Crippen LogP contribution in [-0.4, -0.2) is 61.7 Å². The first-order chi connectivity index (χ1) is 14.8. The largest absolute Gasteiger partial charge is 0.368 e. The van der Waals surface area contributed by atoms with Gasteiger partial charge in [-0.05, 0) is 49.6 Å². The first-order valence-electron chi connectivity index (χ1n) is 10.5. The summed E-state index contributed by atoms with van der Waals surface area (Å²) in [5.74, 6) is -0.804. The van der Waals surface area contributed by atoms with Gasteiger partial charge in [0.15, 0.2) is 0 Å². The van der Waals surface area contributed by atoms with Gasteiger partial charge in [-0.3, -0.25) is 9.59 Å². The Labute approximate surface area is 183 Å². The van der Waals surface area contributed by atoms with Gasteiger partial charge < -0.3 is 9.80 Å². The Bertz CT molecular complexity index is 1090. The smallest absolute Gasteiger partial charge is 0.267 e. The van der Waals surface area contributed by atoms with Crippen molar-refractivity contribution in [3.8, 4) is 0 Å². The Morgan fingerprint density at radius 1 is 0.935 bits per heavy atom. The second-order valence-electron chi connectivity index (χ2n) is 8.09. The minimum atomic E-state index is -4.06. The van der Waals surface area contributed by atoms with Gasteiger partial charge in [-0.1, -0.05) is 30.3 Å². The number of hydrogen-bond acceptors (Lipinski definition) is 5. The molecule has 2 heterocycles. The van der Waals surface area contributed by atoms with Crippen molar-refractivity contribution in [3.05, 3.63) is 59.7 Å². The molecule has 2 fully saturated rings. The molecule has 2 aliphatic rings. The van der Waals surface area contributed by atoms with Crippen LogP contribution < -0.4 is 4.90 Å². The molecule has 0 bridgehead atoms. The van der Waals surface area contributed by atoms with E-state index in [-0.39, 0.29) is 23.6 Å². The fourth-order valence-corrected chi connectivity index (χ4v) is 5.97. The lowest BCUT2D eigenvalue weighted by Gasteiger charge is -2.38. The van der Waals surface area contributed by atoms with Crippen molar-refractivity contribution >= 4 is 27.5 Å². The first kappa shape index (κ1) is 21.4. The molecular weight excluding hydrogens is 414 g/mol. The van der Waals surface area contributed by atoms with Crippen molar-refractivity contribution in [2.75, 3.05) is 31.1 Å². The van der Waals surface area contributed by atoms with Crippen LogP contribution in [0.1, 0.15) is 24.0 Å². The van der Waals surface area contributed by atoms with Crippen molar-refractivity contribution < 1.29 is 18.0 Å². The number of benzene rings is 2. The van der Waals surface area contributed by atoms with E-state index in [1.807, 2.05) is 6.07 Å². The Morgan fingerprint density at radius 2 is 1.61 bits per heavy atom. The van der Waals surface area contributed by atoms with Crippen LogP contribution in [0, 0.1) is 13.8 Å². The quantitative estimate of drug-likeness (QED) is 0.728. The van der Waals surface area contributed by atoms with E-state index in [0.717, 1.165) is 9.99 Å². The molecule has 164 valence electrons. The summed E-state index contributed by atoms with van der Waals surface area (Å²) in [5.41, 5.74) is 3.61. The maximum atomic E-state index is 13.2. The van der Waals surface area contributed by atoms with Gasteiger partial charge in [0.1, 0.15) is 6.04 Å². The Hall–Kier alpha value is -2.87. The minimum absolute atomic E-state index is 0.0304. The summed E-state index contributed by atoms with van der Waals surface area (Å²) in [5, 5.41) is 0. The van der Waals surface area contributed by atoms with Crippen molar-refractivity contribution in [2.45, 2.75) is 37.6 Å². The van der Waals surface area contributed by atoms with E-state index >= 15 is 0 Å². The molecule has 2 saturated heterocycles. The van der Waals surface area contributed by atoms with Crippen LogP contribution in [0.4, 0.5) is 5.69 Å². The molecule has 2 aromatic carbocycles. The molecule has 0 radical (unpaired) electrons. The monoisotopic (exact) mass is 441 g/mol. The van der Waals surface area contributed by atoms with Crippen LogP contribution >= 0.6 is 0 Å². The van der Waals surface area contributed by atoms with Gasteiger partial charge in [-0.2, -0.15) is 0 Å². The number of hydrogen-bond donors (Lipinski definition) is 0. The summed E-state index contributed by atoms with van der Waals surface area (Å²) in [7, 11) is -4.06. The van der Waals surface area contributed by atoms with E-state index in [2.05, 4.69) is 30.9 Å². The number of anilines is 1. The first-order valence-corrected chi connectivity index (χ1v) is 12.0. The fourth-order valence-electron chi connectivity index (χ4n) is 4.35. The van der Waals surface area contributed by atoms with E-state index in [1.165, 1.54) is 23.3 Å². The zero-order chi connectivity index (χ0) is 22.2. The van der Waals surface area contributed by atoms with Gasteiger partial charge in [0, 0.05) is 38.3 Å². The van der Waals surface area contributed by atoms with Crippen LogP contribution in [-0.2, 0) is 19.6 Å². The molecule has 2 aliphatic heterocycles. The van der Waals surface area contributed by atoms with E-state index < -0.39 is 22.0 Å². The predicted molar refractivity (Wildman–Crippen MR) is 118 cm³/mol. The highest BCUT2D eigenvalue weighted by molar-refractivity contribution is 7.89. The summed E-state index contributed by atoms with van der Waals surface area (Å²) in [6.45, 7) is 6.51. The summed E-state index contributed by atoms with van der Waals surface area (Å²) in [4.78, 5) is 29.7. The van der Waals surface area contributed by atoms with Gasteiger partial charge in [-0.25, -0.2) is 12.7 Å². The molecule has 8 heteroatoms. The van der Waals surface area contributed by atoms with Crippen molar-refractivity contribution in [3.63, 3.8) is 0 Å². The lowest BCUT2D eigenvalue weighted by Crippen LogP contribution is -2.55. The molecule has 0 unspecified atom stereocenters. The Morgan fingerprint density at radius 3 is 2.29 bits per heavy atom. The topological polar surface area (TPSA) is 78.0 Å². The molecule has 0 spiro atoms. The van der Waals surface area contributed by atoms with Crippen molar-refractivity contribution in [1.82, 2.24) is 9.21 Å². The Balaban J connectivity index is 1.49. The summed E-state index contributed by atoms with van der Waals surface area (Å²) in [6, 6.07) is 13.1. The molecule has 0 saturated carbocycles. The number of aryl methyl sites for hydroxylation is 1. The summed E-state index contributed by atoms with van der Waals surface area (Å²) < 4.78 is 27.0. The standard InChI is InChI=1S/C23H27N3O4S/c1-17-7-6-10-20(18(17)2)24-13-15-25(16-14-24)23(28)21-11-12-22(27)26(21)31(29,30)19-8-4-3-5-9-19/h3-10,21H,11-16H2,1-2H3/t21-/m0/s1. The summed E-state index contributed by atoms with van der Waals surface area (Å²) in [6.07, 6.45) is 0.284. The molecular formula is C23H27N3O4S. The normalized spacial score (nSPS) is 19.7. The number of nitrogens with zero attached hydrogens (tertiary/aromatic N) is 3. The average Bonchev–Trinajstić information content (AvgIpc) is 3.18. The van der Waals surface area contributed by atoms with E-state index in [4.69, 9.17) is 0 Å². The van der Waals surface area contributed by atoms with Gasteiger partial charge >= 0.3 is 0 Å². The van der Waals surface area contributed by atoms with E-state index in [0.29, 0.717) is 26.2 Å². The number of rotatable bonds is 4. The molecule has 1 atom stereocenters. The Kier molecular flexibility index (Phi) is 5.75. The SMILES string of the molecule is Cc1cccc(N2CCN(C(=O)[C@@H]3CCC(=O)N3S(=O)(=O)c3ccccc3)CC2)c1C.